The van der Waals surface area contributed by atoms with Crippen molar-refractivity contribution in [3.63, 3.8) is 0 Å². The summed E-state index contributed by atoms with van der Waals surface area (Å²) in [5.74, 6) is 0.748. The van der Waals surface area contributed by atoms with Crippen LogP contribution >= 0.6 is 15.9 Å². The first-order valence-corrected chi connectivity index (χ1v) is 8.14. The second kappa shape index (κ2) is 5.55. The molecule has 2 bridgehead atoms. The molecule has 19 heavy (non-hydrogen) atoms. The van der Waals surface area contributed by atoms with Gasteiger partial charge in [0.25, 0.3) is 0 Å². The highest BCUT2D eigenvalue weighted by molar-refractivity contribution is 9.09. The van der Waals surface area contributed by atoms with Gasteiger partial charge in [0.05, 0.1) is 12.2 Å². The molecule has 2 nitrogen and oxygen atoms in total. The summed E-state index contributed by atoms with van der Waals surface area (Å²) in [6.07, 6.45) is 1.93. The molecule has 0 N–H and O–H groups in total. The summed E-state index contributed by atoms with van der Waals surface area (Å²) >= 11 is 3.89. The van der Waals surface area contributed by atoms with E-state index in [4.69, 9.17) is 4.74 Å². The first-order chi connectivity index (χ1) is 9.15. The fourth-order valence-electron chi connectivity index (χ4n) is 3.56. The minimum absolute atomic E-state index is 0.322. The first-order valence-electron chi connectivity index (χ1n) is 7.22. The van der Waals surface area contributed by atoms with Crippen molar-refractivity contribution in [1.29, 1.82) is 0 Å². The second-order valence-corrected chi connectivity index (χ2v) is 7.13. The number of fused-ring (bicyclic) bond motifs is 2. The molecule has 3 rings (SSSR count). The van der Waals surface area contributed by atoms with Crippen LogP contribution in [0, 0.1) is 5.92 Å². The van der Waals surface area contributed by atoms with Gasteiger partial charge in [-0.05, 0) is 31.7 Å². The summed E-state index contributed by atoms with van der Waals surface area (Å²) in [5.41, 5.74) is 1.40. The SMILES string of the molecule is CC(C)O[C@H]1C[C@@H]2CN(Cc3ccccc3)[C@H]1[C@H]2Br. The predicted molar refractivity (Wildman–Crippen MR) is 81.5 cm³/mol. The van der Waals surface area contributed by atoms with E-state index >= 15 is 0 Å². The van der Waals surface area contributed by atoms with Gasteiger partial charge < -0.3 is 4.74 Å². The molecule has 0 unspecified atom stereocenters. The topological polar surface area (TPSA) is 12.5 Å². The van der Waals surface area contributed by atoms with Gasteiger partial charge >= 0.3 is 0 Å². The van der Waals surface area contributed by atoms with Crippen LogP contribution in [0.1, 0.15) is 25.8 Å². The van der Waals surface area contributed by atoms with Crippen molar-refractivity contribution >= 4 is 15.9 Å². The van der Waals surface area contributed by atoms with Gasteiger partial charge in [0, 0.05) is 24.0 Å². The summed E-state index contributed by atoms with van der Waals surface area (Å²) in [5, 5.41) is 0. The zero-order valence-corrected chi connectivity index (χ0v) is 13.2. The van der Waals surface area contributed by atoms with Crippen LogP contribution in [0.2, 0.25) is 0 Å². The highest BCUT2D eigenvalue weighted by atomic mass is 79.9. The van der Waals surface area contributed by atoms with Crippen LogP contribution in [0.5, 0.6) is 0 Å². The van der Waals surface area contributed by atoms with Gasteiger partial charge in [0.1, 0.15) is 0 Å². The third-order valence-electron chi connectivity index (χ3n) is 4.26. The lowest BCUT2D eigenvalue weighted by atomic mass is 10.1. The molecule has 2 aliphatic rings. The van der Waals surface area contributed by atoms with Crippen molar-refractivity contribution in [2.75, 3.05) is 6.54 Å². The molecule has 1 aliphatic carbocycles. The second-order valence-electron chi connectivity index (χ2n) is 6.07. The molecule has 0 radical (unpaired) electrons. The molecule has 1 saturated carbocycles. The van der Waals surface area contributed by atoms with Gasteiger partial charge in [-0.25, -0.2) is 0 Å². The van der Waals surface area contributed by atoms with Crippen LogP contribution in [0.15, 0.2) is 30.3 Å². The van der Waals surface area contributed by atoms with E-state index in [0.29, 0.717) is 23.1 Å². The maximum atomic E-state index is 6.11. The van der Waals surface area contributed by atoms with Crippen molar-refractivity contribution in [1.82, 2.24) is 4.90 Å². The molecular formula is C16H22BrNO. The van der Waals surface area contributed by atoms with Gasteiger partial charge in [-0.15, -0.1) is 0 Å². The van der Waals surface area contributed by atoms with E-state index in [0.717, 1.165) is 12.5 Å². The van der Waals surface area contributed by atoms with E-state index in [2.05, 4.69) is 65.0 Å². The van der Waals surface area contributed by atoms with Gasteiger partial charge in [-0.1, -0.05) is 46.3 Å². The lowest BCUT2D eigenvalue weighted by Gasteiger charge is -2.34. The van der Waals surface area contributed by atoms with E-state index in [1.165, 1.54) is 18.5 Å². The van der Waals surface area contributed by atoms with E-state index < -0.39 is 0 Å². The number of alkyl halides is 1. The van der Waals surface area contributed by atoms with Crippen LogP contribution in [0.3, 0.4) is 0 Å². The molecular weight excluding hydrogens is 302 g/mol. The zero-order valence-electron chi connectivity index (χ0n) is 11.6. The number of nitrogens with zero attached hydrogens (tertiary/aromatic N) is 1. The van der Waals surface area contributed by atoms with Crippen molar-refractivity contribution in [2.24, 2.45) is 5.92 Å². The molecule has 1 aliphatic heterocycles. The number of hydrogen-bond acceptors (Lipinski definition) is 2. The maximum absolute atomic E-state index is 6.11. The maximum Gasteiger partial charge on any atom is 0.0748 e. The lowest BCUT2D eigenvalue weighted by molar-refractivity contribution is -0.0433. The molecule has 0 aromatic heterocycles. The number of likely N-dealkylation sites (tertiary alicyclic amines) is 1. The van der Waals surface area contributed by atoms with Crippen LogP contribution in [-0.2, 0) is 11.3 Å². The Morgan fingerprint density at radius 2 is 2.05 bits per heavy atom. The van der Waals surface area contributed by atoms with Gasteiger partial charge in [0.15, 0.2) is 0 Å². The molecule has 1 aromatic rings. The Bertz CT molecular complexity index is 420. The molecule has 4 atom stereocenters. The predicted octanol–water partition coefficient (Wildman–Crippen LogP) is 3.45. The van der Waals surface area contributed by atoms with E-state index in [-0.39, 0.29) is 0 Å². The summed E-state index contributed by atoms with van der Waals surface area (Å²) < 4.78 is 6.11. The number of benzene rings is 1. The number of piperidine rings is 1. The van der Waals surface area contributed by atoms with Crippen LogP contribution in [-0.4, -0.2) is 34.5 Å². The average molecular weight is 324 g/mol. The van der Waals surface area contributed by atoms with Crippen LogP contribution < -0.4 is 0 Å². The Morgan fingerprint density at radius 3 is 2.68 bits per heavy atom. The molecule has 0 amide bonds. The zero-order chi connectivity index (χ0) is 13.4. The third kappa shape index (κ3) is 2.74. The Hall–Kier alpha value is -0.380. The molecule has 1 aromatic carbocycles. The summed E-state index contributed by atoms with van der Waals surface area (Å²) in [6.45, 7) is 6.52. The average Bonchev–Trinajstić information content (AvgIpc) is 2.81. The molecule has 1 heterocycles. The van der Waals surface area contributed by atoms with Crippen molar-refractivity contribution in [2.45, 2.75) is 49.9 Å². The van der Waals surface area contributed by atoms with Crippen molar-refractivity contribution in [3.05, 3.63) is 35.9 Å². The van der Waals surface area contributed by atoms with Crippen molar-refractivity contribution in [3.8, 4) is 0 Å². The highest BCUT2D eigenvalue weighted by Crippen LogP contribution is 2.44. The molecule has 0 spiro atoms. The smallest absolute Gasteiger partial charge is 0.0748 e. The monoisotopic (exact) mass is 323 g/mol. The van der Waals surface area contributed by atoms with Crippen LogP contribution in [0.25, 0.3) is 0 Å². The number of halogens is 1. The number of hydrogen-bond donors (Lipinski definition) is 0. The molecule has 1 saturated heterocycles. The quantitative estimate of drug-likeness (QED) is 0.787. The molecule has 104 valence electrons. The third-order valence-corrected chi connectivity index (χ3v) is 5.55. The Morgan fingerprint density at radius 1 is 1.32 bits per heavy atom. The molecule has 2 fully saturated rings. The Kier molecular flexibility index (Phi) is 3.97. The lowest BCUT2D eigenvalue weighted by Crippen LogP contribution is -2.44. The van der Waals surface area contributed by atoms with E-state index in [1.807, 2.05) is 0 Å². The van der Waals surface area contributed by atoms with E-state index in [1.54, 1.807) is 0 Å². The summed E-state index contributed by atoms with van der Waals surface area (Å²) in [6, 6.07) is 11.3. The van der Waals surface area contributed by atoms with Gasteiger partial charge in [-0.2, -0.15) is 0 Å². The Balaban J connectivity index is 1.70. The highest BCUT2D eigenvalue weighted by Gasteiger charge is 2.52. The summed E-state index contributed by atoms with van der Waals surface area (Å²) in [7, 11) is 0. The Labute approximate surface area is 124 Å². The first kappa shape index (κ1) is 13.6. The minimum Gasteiger partial charge on any atom is -0.374 e. The van der Waals surface area contributed by atoms with E-state index in [9.17, 15) is 0 Å². The molecule has 3 heteroatoms. The largest absolute Gasteiger partial charge is 0.374 e. The number of ether oxygens (including phenoxy) is 1. The minimum atomic E-state index is 0.322. The van der Waals surface area contributed by atoms with Gasteiger partial charge in [-0.3, -0.25) is 4.90 Å². The fraction of sp³-hybridized carbons (Fsp3) is 0.625. The normalized spacial score (nSPS) is 34.3. The standard InChI is InChI=1S/C16H22BrNO/c1-11(2)19-14-8-13-10-18(16(14)15(13)17)9-12-6-4-3-5-7-12/h3-7,11,13-16H,8-10H2,1-2H3/t13-,14+,15+,16-/m1/s1. The summed E-state index contributed by atoms with van der Waals surface area (Å²) in [4.78, 5) is 3.19. The van der Waals surface area contributed by atoms with Gasteiger partial charge in [0.2, 0.25) is 0 Å². The fourth-order valence-corrected chi connectivity index (χ4v) is 4.62. The van der Waals surface area contributed by atoms with Crippen molar-refractivity contribution < 1.29 is 4.74 Å². The number of rotatable bonds is 4. The van der Waals surface area contributed by atoms with Crippen LogP contribution in [0.4, 0.5) is 0 Å².